The highest BCUT2D eigenvalue weighted by Crippen LogP contribution is 2.14. The van der Waals surface area contributed by atoms with Gasteiger partial charge in [-0.3, -0.25) is 0 Å². The maximum absolute atomic E-state index is 2.32. The second kappa shape index (κ2) is 6.71. The lowest BCUT2D eigenvalue weighted by atomic mass is 9.99. The second-order valence-corrected chi connectivity index (χ2v) is 6.31. The van der Waals surface area contributed by atoms with Gasteiger partial charge in [0.1, 0.15) is 0 Å². The Balaban J connectivity index is 2.00. The normalized spacial score (nSPS) is 13.0. The van der Waals surface area contributed by atoms with Crippen molar-refractivity contribution in [3.05, 3.63) is 60.2 Å². The van der Waals surface area contributed by atoms with E-state index in [-0.39, 0.29) is 0 Å². The van der Waals surface area contributed by atoms with Gasteiger partial charge in [0.05, 0.1) is 0 Å². The third-order valence-corrected chi connectivity index (χ3v) is 4.54. The maximum Gasteiger partial charge on any atom is -0.0226 e. The SMILES string of the molecule is CCC(C)Cc1ccc(Pc2ccccc2)cc1. The van der Waals surface area contributed by atoms with E-state index in [0.717, 1.165) is 14.5 Å². The van der Waals surface area contributed by atoms with Crippen LogP contribution in [0.25, 0.3) is 0 Å². The van der Waals surface area contributed by atoms with Crippen LogP contribution < -0.4 is 10.6 Å². The molecule has 2 rings (SSSR count). The number of hydrogen-bond donors (Lipinski definition) is 0. The molecule has 0 saturated heterocycles. The van der Waals surface area contributed by atoms with Gasteiger partial charge >= 0.3 is 0 Å². The second-order valence-electron chi connectivity index (χ2n) is 4.91. The van der Waals surface area contributed by atoms with E-state index in [9.17, 15) is 0 Å². The van der Waals surface area contributed by atoms with E-state index >= 15 is 0 Å². The van der Waals surface area contributed by atoms with Crippen molar-refractivity contribution in [2.45, 2.75) is 26.7 Å². The summed E-state index contributed by atoms with van der Waals surface area (Å²) in [4.78, 5) is 0. The first kappa shape index (κ1) is 13.3. The van der Waals surface area contributed by atoms with Crippen LogP contribution in [0.2, 0.25) is 0 Å². The van der Waals surface area contributed by atoms with Crippen LogP contribution in [-0.4, -0.2) is 0 Å². The quantitative estimate of drug-likeness (QED) is 0.712. The van der Waals surface area contributed by atoms with Crippen molar-refractivity contribution in [1.29, 1.82) is 0 Å². The van der Waals surface area contributed by atoms with Crippen LogP contribution in [-0.2, 0) is 6.42 Å². The molecule has 0 nitrogen and oxygen atoms in total. The predicted molar refractivity (Wildman–Crippen MR) is 83.6 cm³/mol. The van der Waals surface area contributed by atoms with Crippen LogP contribution in [0.5, 0.6) is 0 Å². The van der Waals surface area contributed by atoms with Gasteiger partial charge in [-0.25, -0.2) is 0 Å². The molecule has 18 heavy (non-hydrogen) atoms. The van der Waals surface area contributed by atoms with Gasteiger partial charge in [0.15, 0.2) is 0 Å². The molecule has 0 fully saturated rings. The molecule has 0 aromatic heterocycles. The molecule has 2 aromatic carbocycles. The Morgan fingerprint density at radius 3 is 2.11 bits per heavy atom. The molecule has 2 aromatic rings. The smallest absolute Gasteiger partial charge is 0.0226 e. The topological polar surface area (TPSA) is 0 Å². The molecule has 0 aliphatic rings. The summed E-state index contributed by atoms with van der Waals surface area (Å²) in [5.41, 5.74) is 1.46. The fraction of sp³-hybridized carbons (Fsp3) is 0.294. The molecular formula is C17H21P. The van der Waals surface area contributed by atoms with Crippen molar-refractivity contribution in [2.75, 3.05) is 0 Å². The van der Waals surface area contributed by atoms with Crippen molar-refractivity contribution in [2.24, 2.45) is 5.92 Å². The highest BCUT2D eigenvalue weighted by molar-refractivity contribution is 7.55. The first-order valence-electron chi connectivity index (χ1n) is 6.69. The Morgan fingerprint density at radius 2 is 1.50 bits per heavy atom. The average molecular weight is 256 g/mol. The third-order valence-electron chi connectivity index (χ3n) is 3.30. The molecule has 94 valence electrons. The summed E-state index contributed by atoms with van der Waals surface area (Å²) in [6.07, 6.45) is 2.46. The molecule has 0 radical (unpaired) electrons. The van der Waals surface area contributed by atoms with E-state index in [2.05, 4.69) is 68.4 Å². The molecular weight excluding hydrogens is 235 g/mol. The van der Waals surface area contributed by atoms with Gasteiger partial charge < -0.3 is 0 Å². The molecule has 2 atom stereocenters. The fourth-order valence-electron chi connectivity index (χ4n) is 1.96. The van der Waals surface area contributed by atoms with Gasteiger partial charge in [0.2, 0.25) is 0 Å². The van der Waals surface area contributed by atoms with E-state index < -0.39 is 0 Å². The van der Waals surface area contributed by atoms with E-state index in [1.165, 1.54) is 29.0 Å². The Hall–Kier alpha value is -1.13. The molecule has 0 bridgehead atoms. The van der Waals surface area contributed by atoms with E-state index in [1.54, 1.807) is 0 Å². The standard InChI is InChI=1S/C17H21P/c1-3-14(2)13-15-9-11-17(12-10-15)18-16-7-5-4-6-8-16/h4-12,14,18H,3,13H2,1-2H3. The maximum atomic E-state index is 2.32. The number of benzene rings is 2. The van der Waals surface area contributed by atoms with Crippen molar-refractivity contribution >= 4 is 19.2 Å². The zero-order valence-corrected chi connectivity index (χ0v) is 12.2. The van der Waals surface area contributed by atoms with Crippen LogP contribution in [0.3, 0.4) is 0 Å². The zero-order chi connectivity index (χ0) is 12.8. The minimum atomic E-state index is 0.769. The minimum absolute atomic E-state index is 0.769. The number of rotatable bonds is 5. The van der Waals surface area contributed by atoms with Crippen molar-refractivity contribution in [1.82, 2.24) is 0 Å². The highest BCUT2D eigenvalue weighted by Gasteiger charge is 2.01. The van der Waals surface area contributed by atoms with Gasteiger partial charge in [-0.05, 0) is 28.5 Å². The van der Waals surface area contributed by atoms with Crippen LogP contribution in [0, 0.1) is 5.92 Å². The summed E-state index contributed by atoms with van der Waals surface area (Å²) >= 11 is 0. The molecule has 1 heteroatoms. The molecule has 0 aliphatic heterocycles. The summed E-state index contributed by atoms with van der Waals surface area (Å²) in [5.74, 6) is 0.785. The largest absolute Gasteiger partial charge is 0.0651 e. The van der Waals surface area contributed by atoms with E-state index in [1.807, 2.05) is 0 Å². The Labute approximate surface area is 112 Å². The molecule has 0 heterocycles. The molecule has 0 N–H and O–H groups in total. The number of hydrogen-bond acceptors (Lipinski definition) is 0. The Morgan fingerprint density at radius 1 is 0.889 bits per heavy atom. The zero-order valence-electron chi connectivity index (χ0n) is 11.2. The summed E-state index contributed by atoms with van der Waals surface area (Å²) in [7, 11) is 0.769. The van der Waals surface area contributed by atoms with Crippen LogP contribution in [0.1, 0.15) is 25.8 Å². The van der Waals surface area contributed by atoms with Crippen molar-refractivity contribution in [3.8, 4) is 0 Å². The molecule has 0 spiro atoms. The minimum Gasteiger partial charge on any atom is -0.0651 e. The Bertz CT molecular complexity index is 459. The van der Waals surface area contributed by atoms with Gasteiger partial charge in [-0.15, -0.1) is 0 Å². The summed E-state index contributed by atoms with van der Waals surface area (Å²) in [6, 6.07) is 19.8. The lowest BCUT2D eigenvalue weighted by Crippen LogP contribution is -2.04. The fourth-order valence-corrected chi connectivity index (χ4v) is 2.98. The lowest BCUT2D eigenvalue weighted by Gasteiger charge is -2.09. The van der Waals surface area contributed by atoms with Gasteiger partial charge in [0, 0.05) is 0 Å². The van der Waals surface area contributed by atoms with E-state index in [0.29, 0.717) is 0 Å². The first-order chi connectivity index (χ1) is 8.78. The average Bonchev–Trinajstić information content (AvgIpc) is 2.42. The Kier molecular flexibility index (Phi) is 4.96. The molecule has 0 saturated carbocycles. The lowest BCUT2D eigenvalue weighted by molar-refractivity contribution is 0.560. The van der Waals surface area contributed by atoms with Crippen LogP contribution in [0.15, 0.2) is 54.6 Å². The van der Waals surface area contributed by atoms with Crippen LogP contribution in [0.4, 0.5) is 0 Å². The molecule has 0 aliphatic carbocycles. The summed E-state index contributed by atoms with van der Waals surface area (Å²) in [6.45, 7) is 4.58. The van der Waals surface area contributed by atoms with Gasteiger partial charge in [-0.1, -0.05) is 83.4 Å². The monoisotopic (exact) mass is 256 g/mol. The van der Waals surface area contributed by atoms with Crippen molar-refractivity contribution < 1.29 is 0 Å². The molecule has 2 unspecified atom stereocenters. The van der Waals surface area contributed by atoms with Gasteiger partial charge in [0.25, 0.3) is 0 Å². The first-order valence-corrected chi connectivity index (χ1v) is 7.69. The third kappa shape index (κ3) is 3.96. The summed E-state index contributed by atoms with van der Waals surface area (Å²) in [5, 5.41) is 2.83. The van der Waals surface area contributed by atoms with Crippen molar-refractivity contribution in [3.63, 3.8) is 0 Å². The van der Waals surface area contributed by atoms with E-state index in [4.69, 9.17) is 0 Å². The molecule has 0 amide bonds. The predicted octanol–water partition coefficient (Wildman–Crippen LogP) is 3.90. The highest BCUT2D eigenvalue weighted by atomic mass is 31.1. The van der Waals surface area contributed by atoms with Gasteiger partial charge in [-0.2, -0.15) is 0 Å². The van der Waals surface area contributed by atoms with Crippen LogP contribution >= 0.6 is 8.58 Å². The summed E-state index contributed by atoms with van der Waals surface area (Å²) < 4.78 is 0.